The predicted octanol–water partition coefficient (Wildman–Crippen LogP) is 4.35. The monoisotopic (exact) mass is 234 g/mol. The second-order valence-electron chi connectivity index (χ2n) is 3.45. The molecule has 0 aliphatic rings. The van der Waals surface area contributed by atoms with E-state index in [0.717, 1.165) is 23.7 Å². The van der Waals surface area contributed by atoms with Crippen LogP contribution in [0.3, 0.4) is 0 Å². The van der Waals surface area contributed by atoms with E-state index in [1.54, 1.807) is 0 Å². The molecule has 0 aromatic heterocycles. The molecular formula is C11H23O3P. The highest BCUT2D eigenvalue weighted by atomic mass is 31.2. The second kappa shape index (κ2) is 7.21. The first-order valence-corrected chi connectivity index (χ1v) is 7.12. The third-order valence-electron chi connectivity index (χ3n) is 2.25. The van der Waals surface area contributed by atoms with Gasteiger partial charge in [-0.05, 0) is 34.1 Å². The number of rotatable bonds is 7. The molecule has 0 saturated carbocycles. The van der Waals surface area contributed by atoms with Crippen LogP contribution in [0.25, 0.3) is 0 Å². The van der Waals surface area contributed by atoms with Crippen molar-refractivity contribution in [2.24, 2.45) is 0 Å². The van der Waals surface area contributed by atoms with Gasteiger partial charge in [-0.3, -0.25) is 4.57 Å². The zero-order valence-electron chi connectivity index (χ0n) is 10.5. The van der Waals surface area contributed by atoms with Crippen molar-refractivity contribution in [3.63, 3.8) is 0 Å². The molecule has 0 aliphatic carbocycles. The van der Waals surface area contributed by atoms with Crippen LogP contribution < -0.4 is 0 Å². The van der Waals surface area contributed by atoms with Crippen molar-refractivity contribution in [2.45, 2.75) is 47.5 Å². The highest BCUT2D eigenvalue weighted by Gasteiger charge is 2.27. The van der Waals surface area contributed by atoms with Crippen molar-refractivity contribution in [3.05, 3.63) is 10.9 Å². The Balaban J connectivity index is 4.90. The standard InChI is InChI=1S/C11H23O3P/c1-6-9-10(4)11(5)15(12,13-7-2)14-8-3/h6-9H2,1-5H3/b11-10-. The Morgan fingerprint density at radius 1 is 1.07 bits per heavy atom. The Bertz CT molecular complexity index is 249. The van der Waals surface area contributed by atoms with E-state index in [9.17, 15) is 4.57 Å². The Hall–Kier alpha value is -0.110. The van der Waals surface area contributed by atoms with Gasteiger partial charge in [-0.1, -0.05) is 18.9 Å². The first-order valence-electron chi connectivity index (χ1n) is 5.57. The zero-order valence-corrected chi connectivity index (χ0v) is 11.4. The molecule has 0 spiro atoms. The van der Waals surface area contributed by atoms with E-state index in [1.165, 1.54) is 0 Å². The lowest BCUT2D eigenvalue weighted by molar-refractivity contribution is 0.226. The Kier molecular flexibility index (Phi) is 7.16. The molecule has 0 bridgehead atoms. The van der Waals surface area contributed by atoms with E-state index in [1.807, 2.05) is 27.7 Å². The fourth-order valence-corrected chi connectivity index (χ4v) is 3.08. The van der Waals surface area contributed by atoms with Gasteiger partial charge in [0, 0.05) is 5.31 Å². The topological polar surface area (TPSA) is 35.5 Å². The molecule has 0 unspecified atom stereocenters. The third kappa shape index (κ3) is 4.50. The summed E-state index contributed by atoms with van der Waals surface area (Å²) in [4.78, 5) is 0. The lowest BCUT2D eigenvalue weighted by atomic mass is 10.2. The minimum atomic E-state index is -3.02. The smallest absolute Gasteiger partial charge is 0.306 e. The van der Waals surface area contributed by atoms with Crippen molar-refractivity contribution in [1.82, 2.24) is 0 Å². The van der Waals surface area contributed by atoms with E-state index < -0.39 is 7.60 Å². The van der Waals surface area contributed by atoms with Crippen LogP contribution >= 0.6 is 7.60 Å². The van der Waals surface area contributed by atoms with Crippen molar-refractivity contribution in [3.8, 4) is 0 Å². The molecule has 0 radical (unpaired) electrons. The average Bonchev–Trinajstić information content (AvgIpc) is 2.17. The highest BCUT2D eigenvalue weighted by Crippen LogP contribution is 2.57. The SMILES string of the molecule is CCC/C(C)=C(/C)P(=O)(OCC)OCC. The fraction of sp³-hybridized carbons (Fsp3) is 0.818. The van der Waals surface area contributed by atoms with Crippen molar-refractivity contribution < 1.29 is 13.6 Å². The van der Waals surface area contributed by atoms with Crippen molar-refractivity contribution in [2.75, 3.05) is 13.2 Å². The lowest BCUT2D eigenvalue weighted by Crippen LogP contribution is -1.98. The molecule has 0 amide bonds. The second-order valence-corrected chi connectivity index (χ2v) is 5.63. The number of allylic oxidation sites excluding steroid dienone is 2. The van der Waals surface area contributed by atoms with Gasteiger partial charge in [0.1, 0.15) is 0 Å². The van der Waals surface area contributed by atoms with Crippen LogP contribution in [0.1, 0.15) is 47.5 Å². The highest BCUT2D eigenvalue weighted by molar-refractivity contribution is 7.58. The molecular weight excluding hydrogens is 211 g/mol. The lowest BCUT2D eigenvalue weighted by Gasteiger charge is -2.19. The van der Waals surface area contributed by atoms with Gasteiger partial charge in [0.2, 0.25) is 0 Å². The van der Waals surface area contributed by atoms with E-state index in [4.69, 9.17) is 9.05 Å². The van der Waals surface area contributed by atoms with Crippen LogP contribution in [0.5, 0.6) is 0 Å². The quantitative estimate of drug-likeness (QED) is 0.614. The first kappa shape index (κ1) is 14.9. The van der Waals surface area contributed by atoms with Crippen molar-refractivity contribution >= 4 is 7.60 Å². The number of hydrogen-bond acceptors (Lipinski definition) is 3. The molecule has 0 saturated heterocycles. The van der Waals surface area contributed by atoms with E-state index in [2.05, 4.69) is 6.92 Å². The third-order valence-corrected chi connectivity index (χ3v) is 4.65. The van der Waals surface area contributed by atoms with Crippen LogP contribution in [-0.4, -0.2) is 13.2 Å². The molecule has 90 valence electrons. The maximum absolute atomic E-state index is 12.3. The molecule has 15 heavy (non-hydrogen) atoms. The minimum Gasteiger partial charge on any atom is -0.306 e. The predicted molar refractivity (Wildman–Crippen MR) is 64.1 cm³/mol. The summed E-state index contributed by atoms with van der Waals surface area (Å²) in [5.41, 5.74) is 1.11. The fourth-order valence-electron chi connectivity index (χ4n) is 1.36. The zero-order chi connectivity index (χ0) is 11.9. The van der Waals surface area contributed by atoms with Gasteiger partial charge < -0.3 is 9.05 Å². The minimum absolute atomic E-state index is 0.411. The summed E-state index contributed by atoms with van der Waals surface area (Å²) < 4.78 is 22.9. The molecule has 0 heterocycles. The number of hydrogen-bond donors (Lipinski definition) is 0. The summed E-state index contributed by atoms with van der Waals surface area (Å²) >= 11 is 0. The molecule has 4 heteroatoms. The molecule has 0 atom stereocenters. The van der Waals surface area contributed by atoms with Crippen LogP contribution in [0.15, 0.2) is 10.9 Å². The van der Waals surface area contributed by atoms with E-state index in [0.29, 0.717) is 13.2 Å². The van der Waals surface area contributed by atoms with Gasteiger partial charge in [0.15, 0.2) is 0 Å². The van der Waals surface area contributed by atoms with E-state index in [-0.39, 0.29) is 0 Å². The van der Waals surface area contributed by atoms with Gasteiger partial charge >= 0.3 is 7.60 Å². The Labute approximate surface area is 93.4 Å². The van der Waals surface area contributed by atoms with Crippen LogP contribution in [0, 0.1) is 0 Å². The van der Waals surface area contributed by atoms with E-state index >= 15 is 0 Å². The molecule has 0 rings (SSSR count). The first-order chi connectivity index (χ1) is 7.01. The Morgan fingerprint density at radius 2 is 1.53 bits per heavy atom. The largest absolute Gasteiger partial charge is 0.356 e. The molecule has 0 aliphatic heterocycles. The van der Waals surface area contributed by atoms with Crippen LogP contribution in [-0.2, 0) is 13.6 Å². The Morgan fingerprint density at radius 3 is 1.87 bits per heavy atom. The van der Waals surface area contributed by atoms with Gasteiger partial charge in [-0.25, -0.2) is 0 Å². The summed E-state index contributed by atoms with van der Waals surface area (Å²) in [6, 6.07) is 0. The maximum Gasteiger partial charge on any atom is 0.356 e. The summed E-state index contributed by atoms with van der Waals surface area (Å²) in [6.07, 6.45) is 1.98. The maximum atomic E-state index is 12.3. The average molecular weight is 234 g/mol. The van der Waals surface area contributed by atoms with Gasteiger partial charge in [-0.15, -0.1) is 0 Å². The molecule has 0 N–H and O–H groups in total. The normalized spacial score (nSPS) is 13.9. The molecule has 0 aromatic rings. The summed E-state index contributed by atoms with van der Waals surface area (Å²) in [5, 5.41) is 0.771. The summed E-state index contributed by atoms with van der Waals surface area (Å²) in [6.45, 7) is 10.4. The van der Waals surface area contributed by atoms with Gasteiger partial charge in [0.25, 0.3) is 0 Å². The summed E-state index contributed by atoms with van der Waals surface area (Å²) in [7, 11) is -3.02. The molecule has 3 nitrogen and oxygen atoms in total. The van der Waals surface area contributed by atoms with Crippen LogP contribution in [0.2, 0.25) is 0 Å². The molecule has 0 aromatic carbocycles. The summed E-state index contributed by atoms with van der Waals surface area (Å²) in [5.74, 6) is 0. The molecule has 0 fully saturated rings. The van der Waals surface area contributed by atoms with Crippen LogP contribution in [0.4, 0.5) is 0 Å². The van der Waals surface area contributed by atoms with Gasteiger partial charge in [-0.2, -0.15) is 0 Å². The van der Waals surface area contributed by atoms with Crippen molar-refractivity contribution in [1.29, 1.82) is 0 Å². The van der Waals surface area contributed by atoms with Gasteiger partial charge in [0.05, 0.1) is 13.2 Å².